The van der Waals surface area contributed by atoms with Gasteiger partial charge in [-0.1, -0.05) is 24.3 Å². The van der Waals surface area contributed by atoms with Crippen molar-refractivity contribution in [1.82, 2.24) is 15.3 Å². The lowest BCUT2D eigenvalue weighted by molar-refractivity contribution is 0.0949. The highest BCUT2D eigenvalue weighted by Gasteiger charge is 2.19. The number of hydrogen-bond donors (Lipinski definition) is 2. The Morgan fingerprint density at radius 1 is 1.15 bits per heavy atom. The molecular weight excluding hydrogens is 358 g/mol. The van der Waals surface area contributed by atoms with E-state index >= 15 is 0 Å². The van der Waals surface area contributed by atoms with Crippen LogP contribution in [0.5, 0.6) is 0 Å². The first-order valence-electron chi connectivity index (χ1n) is 8.86. The number of aromatic nitrogens is 2. The molecule has 0 aliphatic rings. The molecule has 0 saturated carbocycles. The highest BCUT2D eigenvalue weighted by atomic mass is 32.1. The van der Waals surface area contributed by atoms with Crippen molar-refractivity contribution < 1.29 is 9.59 Å². The van der Waals surface area contributed by atoms with Crippen LogP contribution in [0.3, 0.4) is 0 Å². The zero-order chi connectivity index (χ0) is 19.6. The van der Waals surface area contributed by atoms with E-state index in [1.807, 2.05) is 13.8 Å². The summed E-state index contributed by atoms with van der Waals surface area (Å²) in [6, 6.07) is 8.24. The number of H-pyrrole nitrogens is 1. The number of carbonyl (C=O) groups is 2. The zero-order valence-corrected chi connectivity index (χ0v) is 16.8. The third kappa shape index (κ3) is 4.17. The number of aromatic amines is 1. The highest BCUT2D eigenvalue weighted by molar-refractivity contribution is 7.09. The summed E-state index contributed by atoms with van der Waals surface area (Å²) in [6.45, 7) is 7.65. The van der Waals surface area contributed by atoms with Crippen molar-refractivity contribution in [2.45, 2.75) is 34.1 Å². The van der Waals surface area contributed by atoms with Crippen molar-refractivity contribution >= 4 is 23.0 Å². The standard InChI is InChI=1S/C21H23N3O2S/c1-12-19(14(3)25)13(2)23-20(12)21(26)22-10-9-16-5-7-17(8-6-16)18-11-27-15(4)24-18/h5-8,11,23H,9-10H2,1-4H3,(H,22,26). The Kier molecular flexibility index (Phi) is 5.56. The molecule has 2 heterocycles. The molecule has 1 aromatic carbocycles. The molecule has 0 aliphatic carbocycles. The average molecular weight is 382 g/mol. The van der Waals surface area contributed by atoms with Crippen LogP contribution in [0.15, 0.2) is 29.6 Å². The number of benzene rings is 1. The maximum absolute atomic E-state index is 12.4. The number of aryl methyl sites for hydroxylation is 2. The van der Waals surface area contributed by atoms with E-state index in [2.05, 4.69) is 44.9 Å². The molecule has 0 fully saturated rings. The Morgan fingerprint density at radius 3 is 2.41 bits per heavy atom. The van der Waals surface area contributed by atoms with Gasteiger partial charge in [0.15, 0.2) is 5.78 Å². The van der Waals surface area contributed by atoms with Gasteiger partial charge in [0.25, 0.3) is 5.91 Å². The second-order valence-electron chi connectivity index (χ2n) is 6.64. The number of amides is 1. The lowest BCUT2D eigenvalue weighted by Gasteiger charge is -2.06. The van der Waals surface area contributed by atoms with E-state index in [0.717, 1.165) is 33.9 Å². The molecular formula is C21H23N3O2S. The van der Waals surface area contributed by atoms with E-state index in [1.54, 1.807) is 18.3 Å². The molecule has 3 aromatic rings. The van der Waals surface area contributed by atoms with E-state index in [1.165, 1.54) is 6.92 Å². The van der Waals surface area contributed by atoms with Crippen molar-refractivity contribution in [2.75, 3.05) is 6.54 Å². The molecule has 0 atom stereocenters. The molecule has 0 spiro atoms. The molecule has 2 aromatic heterocycles. The van der Waals surface area contributed by atoms with Crippen LogP contribution in [0, 0.1) is 20.8 Å². The van der Waals surface area contributed by atoms with E-state index < -0.39 is 0 Å². The smallest absolute Gasteiger partial charge is 0.268 e. The Bertz CT molecular complexity index is 984. The first kappa shape index (κ1) is 19.0. The van der Waals surface area contributed by atoms with Gasteiger partial charge in [-0.15, -0.1) is 11.3 Å². The summed E-state index contributed by atoms with van der Waals surface area (Å²) < 4.78 is 0. The van der Waals surface area contributed by atoms with Crippen molar-refractivity contribution in [2.24, 2.45) is 0 Å². The topological polar surface area (TPSA) is 74.8 Å². The number of nitrogens with zero attached hydrogens (tertiary/aromatic N) is 1. The maximum Gasteiger partial charge on any atom is 0.268 e. The summed E-state index contributed by atoms with van der Waals surface area (Å²) in [6.07, 6.45) is 0.737. The number of carbonyl (C=O) groups excluding carboxylic acids is 2. The molecule has 1 amide bonds. The number of nitrogens with one attached hydrogen (secondary N) is 2. The van der Waals surface area contributed by atoms with Crippen LogP contribution < -0.4 is 5.32 Å². The summed E-state index contributed by atoms with van der Waals surface area (Å²) in [5.41, 5.74) is 5.76. The molecule has 2 N–H and O–H groups in total. The van der Waals surface area contributed by atoms with Gasteiger partial charge >= 0.3 is 0 Å². The molecule has 140 valence electrons. The summed E-state index contributed by atoms with van der Waals surface area (Å²) in [4.78, 5) is 31.6. The molecule has 6 heteroatoms. The molecule has 0 aliphatic heterocycles. The summed E-state index contributed by atoms with van der Waals surface area (Å²) in [5.74, 6) is -0.214. The van der Waals surface area contributed by atoms with Gasteiger partial charge in [0, 0.05) is 28.7 Å². The minimum Gasteiger partial charge on any atom is -0.354 e. The number of thiazole rings is 1. The summed E-state index contributed by atoms with van der Waals surface area (Å²) in [7, 11) is 0. The van der Waals surface area contributed by atoms with Crippen LogP contribution in [0.2, 0.25) is 0 Å². The Morgan fingerprint density at radius 2 is 1.85 bits per heavy atom. The predicted molar refractivity (Wildman–Crippen MR) is 109 cm³/mol. The largest absolute Gasteiger partial charge is 0.354 e. The number of ketones is 1. The Labute approximate surface area is 162 Å². The highest BCUT2D eigenvalue weighted by Crippen LogP contribution is 2.22. The fraction of sp³-hybridized carbons (Fsp3) is 0.286. The number of Topliss-reactive ketones (excluding diaryl/α,β-unsaturated/α-hetero) is 1. The van der Waals surface area contributed by atoms with Crippen molar-refractivity contribution in [1.29, 1.82) is 0 Å². The fourth-order valence-corrected chi connectivity index (χ4v) is 3.87. The van der Waals surface area contributed by atoms with Crippen LogP contribution in [0.25, 0.3) is 11.3 Å². The van der Waals surface area contributed by atoms with Gasteiger partial charge in [0.2, 0.25) is 0 Å². The summed E-state index contributed by atoms with van der Waals surface area (Å²) >= 11 is 1.64. The first-order valence-corrected chi connectivity index (χ1v) is 9.74. The van der Waals surface area contributed by atoms with Crippen molar-refractivity contribution in [3.05, 3.63) is 62.7 Å². The number of rotatable bonds is 6. The first-order chi connectivity index (χ1) is 12.9. The van der Waals surface area contributed by atoms with E-state index in [4.69, 9.17) is 0 Å². The van der Waals surface area contributed by atoms with Crippen LogP contribution in [0.4, 0.5) is 0 Å². The van der Waals surface area contributed by atoms with E-state index in [-0.39, 0.29) is 11.7 Å². The van der Waals surface area contributed by atoms with Gasteiger partial charge < -0.3 is 10.3 Å². The third-order valence-corrected chi connectivity index (χ3v) is 5.36. The van der Waals surface area contributed by atoms with Gasteiger partial charge in [-0.25, -0.2) is 4.98 Å². The van der Waals surface area contributed by atoms with E-state index in [9.17, 15) is 9.59 Å². The van der Waals surface area contributed by atoms with Gasteiger partial charge in [0.05, 0.1) is 10.7 Å². The van der Waals surface area contributed by atoms with Gasteiger partial charge in [0.1, 0.15) is 5.69 Å². The Balaban J connectivity index is 1.59. The van der Waals surface area contributed by atoms with Crippen molar-refractivity contribution in [3.63, 3.8) is 0 Å². The quantitative estimate of drug-likeness (QED) is 0.627. The van der Waals surface area contributed by atoms with Gasteiger partial charge in [-0.3, -0.25) is 9.59 Å². The van der Waals surface area contributed by atoms with Crippen molar-refractivity contribution in [3.8, 4) is 11.3 Å². The number of hydrogen-bond acceptors (Lipinski definition) is 4. The monoisotopic (exact) mass is 381 g/mol. The predicted octanol–water partition coefficient (Wildman–Crippen LogP) is 4.24. The minimum absolute atomic E-state index is 0.0318. The minimum atomic E-state index is -0.183. The molecule has 0 saturated heterocycles. The van der Waals surface area contributed by atoms with Gasteiger partial charge in [-0.05, 0) is 45.2 Å². The second kappa shape index (κ2) is 7.88. The molecule has 3 rings (SSSR count). The molecule has 0 radical (unpaired) electrons. The van der Waals surface area contributed by atoms with Crippen LogP contribution >= 0.6 is 11.3 Å². The molecule has 5 nitrogen and oxygen atoms in total. The maximum atomic E-state index is 12.4. The molecule has 0 bridgehead atoms. The third-order valence-electron chi connectivity index (χ3n) is 4.58. The van der Waals surface area contributed by atoms with Crippen LogP contribution in [0.1, 0.15) is 49.6 Å². The van der Waals surface area contributed by atoms with Crippen LogP contribution in [-0.4, -0.2) is 28.2 Å². The Hall–Kier alpha value is -2.73. The summed E-state index contributed by atoms with van der Waals surface area (Å²) in [5, 5.41) is 6.04. The molecule has 0 unspecified atom stereocenters. The SMILES string of the molecule is CC(=O)c1c(C)[nH]c(C(=O)NCCc2ccc(-c3csc(C)n3)cc2)c1C. The van der Waals surface area contributed by atoms with E-state index in [0.29, 0.717) is 23.4 Å². The average Bonchev–Trinajstić information content (AvgIpc) is 3.18. The fourth-order valence-electron chi connectivity index (χ4n) is 3.25. The van der Waals surface area contributed by atoms with Crippen LogP contribution in [-0.2, 0) is 6.42 Å². The zero-order valence-electron chi connectivity index (χ0n) is 16.0. The lowest BCUT2D eigenvalue weighted by Crippen LogP contribution is -2.26. The lowest BCUT2D eigenvalue weighted by atomic mass is 10.1. The normalized spacial score (nSPS) is 10.8. The molecule has 27 heavy (non-hydrogen) atoms. The van der Waals surface area contributed by atoms with Gasteiger partial charge in [-0.2, -0.15) is 0 Å². The second-order valence-corrected chi connectivity index (χ2v) is 7.70.